The van der Waals surface area contributed by atoms with E-state index < -0.39 is 4.92 Å². The van der Waals surface area contributed by atoms with Crippen LogP contribution in [0.15, 0.2) is 66.9 Å². The third kappa shape index (κ3) is 3.77. The zero-order chi connectivity index (χ0) is 23.8. The first-order valence-electron chi connectivity index (χ1n) is 11.2. The number of pyridine rings is 1. The number of hydrogen-bond acceptors (Lipinski definition) is 5. The number of carbonyl (C=O) groups excluding carboxylic acids is 1. The lowest BCUT2D eigenvalue weighted by atomic mass is 10.0. The second-order valence-corrected chi connectivity index (χ2v) is 8.57. The van der Waals surface area contributed by atoms with Crippen LogP contribution in [0.4, 0.5) is 11.5 Å². The highest BCUT2D eigenvalue weighted by Crippen LogP contribution is 2.35. The number of benzene rings is 2. The van der Waals surface area contributed by atoms with Gasteiger partial charge in [0.15, 0.2) is 0 Å². The van der Waals surface area contributed by atoms with Gasteiger partial charge in [0.05, 0.1) is 16.2 Å². The lowest BCUT2D eigenvalue weighted by molar-refractivity contribution is -0.384. The Morgan fingerprint density at radius 2 is 1.74 bits per heavy atom. The van der Waals surface area contributed by atoms with Gasteiger partial charge in [-0.1, -0.05) is 17.7 Å². The molecule has 0 atom stereocenters. The van der Waals surface area contributed by atoms with Gasteiger partial charge in [0, 0.05) is 62.5 Å². The molecule has 1 amide bonds. The summed E-state index contributed by atoms with van der Waals surface area (Å²) in [7, 11) is 1.93. The van der Waals surface area contributed by atoms with Crippen LogP contribution >= 0.6 is 0 Å². The Balaban J connectivity index is 1.53. The van der Waals surface area contributed by atoms with Crippen LogP contribution in [-0.2, 0) is 7.05 Å². The Hall–Kier alpha value is -4.20. The summed E-state index contributed by atoms with van der Waals surface area (Å²) in [5.74, 6) is 0.896. The molecular formula is C26H25N5O3. The van der Waals surface area contributed by atoms with Crippen LogP contribution in [0.3, 0.4) is 0 Å². The summed E-state index contributed by atoms with van der Waals surface area (Å²) in [5, 5.41) is 12.0. The Labute approximate surface area is 197 Å². The summed E-state index contributed by atoms with van der Waals surface area (Å²) in [4.78, 5) is 33.2. The number of non-ortho nitro benzene ring substituents is 1. The van der Waals surface area contributed by atoms with Crippen molar-refractivity contribution in [3.05, 3.63) is 88.1 Å². The van der Waals surface area contributed by atoms with Gasteiger partial charge in [-0.05, 0) is 48.9 Å². The Kier molecular flexibility index (Phi) is 5.49. The predicted octanol–water partition coefficient (Wildman–Crippen LogP) is 4.42. The Bertz CT molecular complexity index is 1370. The molecule has 1 aliphatic heterocycles. The molecule has 8 nitrogen and oxygen atoms in total. The normalized spacial score (nSPS) is 13.9. The van der Waals surface area contributed by atoms with Crippen molar-refractivity contribution < 1.29 is 9.72 Å². The molecule has 1 fully saturated rings. The number of nitro groups is 1. The number of fused-ring (bicyclic) bond motifs is 1. The lowest BCUT2D eigenvalue weighted by Crippen LogP contribution is -2.49. The molecule has 5 rings (SSSR count). The van der Waals surface area contributed by atoms with E-state index in [1.165, 1.54) is 12.1 Å². The van der Waals surface area contributed by atoms with Crippen LogP contribution in [0.2, 0.25) is 0 Å². The summed E-state index contributed by atoms with van der Waals surface area (Å²) in [6, 6.07) is 18.3. The summed E-state index contributed by atoms with van der Waals surface area (Å²) in [6.07, 6.45) is 1.78. The van der Waals surface area contributed by atoms with Crippen molar-refractivity contribution in [3.63, 3.8) is 0 Å². The predicted molar refractivity (Wildman–Crippen MR) is 132 cm³/mol. The first-order chi connectivity index (χ1) is 16.4. The molecule has 3 heterocycles. The molecule has 1 aliphatic rings. The number of aryl methyl sites for hydroxylation is 2. The van der Waals surface area contributed by atoms with E-state index in [0.717, 1.165) is 33.5 Å². The van der Waals surface area contributed by atoms with Crippen molar-refractivity contribution in [2.45, 2.75) is 6.92 Å². The smallest absolute Gasteiger partial charge is 0.269 e. The van der Waals surface area contributed by atoms with Crippen LogP contribution in [0.5, 0.6) is 0 Å². The lowest BCUT2D eigenvalue weighted by Gasteiger charge is -2.35. The SMILES string of the molecule is Cc1ccc2c(c1)c(C(=O)N1CCN(c3ccccn3)CC1)c(-c1ccc([N+](=O)[O-])cc1)n2C. The summed E-state index contributed by atoms with van der Waals surface area (Å²) < 4.78 is 2.01. The van der Waals surface area contributed by atoms with E-state index >= 15 is 0 Å². The van der Waals surface area contributed by atoms with Gasteiger partial charge in [-0.2, -0.15) is 0 Å². The van der Waals surface area contributed by atoms with Gasteiger partial charge in [-0.3, -0.25) is 14.9 Å². The molecule has 0 spiro atoms. The molecule has 0 radical (unpaired) electrons. The molecule has 0 N–H and O–H groups in total. The largest absolute Gasteiger partial charge is 0.353 e. The maximum atomic E-state index is 13.9. The molecule has 8 heteroatoms. The summed E-state index contributed by atoms with van der Waals surface area (Å²) in [5.41, 5.74) is 4.24. The van der Waals surface area contributed by atoms with Gasteiger partial charge in [0.2, 0.25) is 0 Å². The summed E-state index contributed by atoms with van der Waals surface area (Å²) in [6.45, 7) is 4.62. The number of piperazine rings is 1. The fraction of sp³-hybridized carbons (Fsp3) is 0.231. The second-order valence-electron chi connectivity index (χ2n) is 8.57. The average Bonchev–Trinajstić information content (AvgIpc) is 3.15. The number of carbonyl (C=O) groups is 1. The average molecular weight is 456 g/mol. The van der Waals surface area contributed by atoms with Gasteiger partial charge in [0.25, 0.3) is 11.6 Å². The number of rotatable bonds is 4. The zero-order valence-electron chi connectivity index (χ0n) is 19.1. The van der Waals surface area contributed by atoms with Crippen LogP contribution in [0, 0.1) is 17.0 Å². The first kappa shape index (κ1) is 21.6. The molecule has 2 aromatic carbocycles. The maximum absolute atomic E-state index is 13.9. The molecular weight excluding hydrogens is 430 g/mol. The number of nitrogens with zero attached hydrogens (tertiary/aromatic N) is 5. The van der Waals surface area contributed by atoms with E-state index in [9.17, 15) is 14.9 Å². The van der Waals surface area contributed by atoms with Crippen LogP contribution in [0.1, 0.15) is 15.9 Å². The molecule has 0 aliphatic carbocycles. The standard InChI is InChI=1S/C26H25N5O3/c1-18-6-11-22-21(17-18)24(25(28(22)2)19-7-9-20(10-8-19)31(33)34)26(32)30-15-13-29(14-16-30)23-5-3-4-12-27-23/h3-12,17H,13-16H2,1-2H3. The summed E-state index contributed by atoms with van der Waals surface area (Å²) >= 11 is 0. The molecule has 0 bridgehead atoms. The van der Waals surface area contributed by atoms with E-state index in [-0.39, 0.29) is 11.6 Å². The van der Waals surface area contributed by atoms with Crippen molar-refractivity contribution in [1.29, 1.82) is 0 Å². The zero-order valence-corrected chi connectivity index (χ0v) is 19.1. The van der Waals surface area contributed by atoms with Gasteiger partial charge in [0.1, 0.15) is 5.82 Å². The molecule has 1 saturated heterocycles. The Morgan fingerprint density at radius 3 is 2.38 bits per heavy atom. The van der Waals surface area contributed by atoms with E-state index in [0.29, 0.717) is 31.7 Å². The van der Waals surface area contributed by atoms with Gasteiger partial charge >= 0.3 is 0 Å². The van der Waals surface area contributed by atoms with E-state index in [4.69, 9.17) is 0 Å². The Morgan fingerprint density at radius 1 is 1.00 bits per heavy atom. The monoisotopic (exact) mass is 455 g/mol. The third-order valence-corrected chi connectivity index (χ3v) is 6.46. The number of amides is 1. The van der Waals surface area contributed by atoms with E-state index in [1.54, 1.807) is 18.3 Å². The van der Waals surface area contributed by atoms with Crippen molar-refractivity contribution in [1.82, 2.24) is 14.5 Å². The van der Waals surface area contributed by atoms with Crippen LogP contribution < -0.4 is 4.90 Å². The molecule has 0 saturated carbocycles. The highest BCUT2D eigenvalue weighted by molar-refractivity contribution is 6.13. The number of nitro benzene ring substituents is 1. The molecule has 0 unspecified atom stereocenters. The minimum absolute atomic E-state index is 0.0229. The van der Waals surface area contributed by atoms with E-state index in [1.807, 2.05) is 59.8 Å². The molecule has 2 aromatic heterocycles. The highest BCUT2D eigenvalue weighted by Gasteiger charge is 2.29. The number of anilines is 1. The van der Waals surface area contributed by atoms with Crippen molar-refractivity contribution in [2.24, 2.45) is 7.05 Å². The number of hydrogen-bond donors (Lipinski definition) is 0. The third-order valence-electron chi connectivity index (χ3n) is 6.46. The van der Waals surface area contributed by atoms with Gasteiger partial charge < -0.3 is 14.4 Å². The molecule has 34 heavy (non-hydrogen) atoms. The van der Waals surface area contributed by atoms with Crippen molar-refractivity contribution in [2.75, 3.05) is 31.1 Å². The highest BCUT2D eigenvalue weighted by atomic mass is 16.6. The van der Waals surface area contributed by atoms with Crippen molar-refractivity contribution in [3.8, 4) is 11.3 Å². The van der Waals surface area contributed by atoms with Gasteiger partial charge in [-0.15, -0.1) is 0 Å². The number of aromatic nitrogens is 2. The molecule has 172 valence electrons. The molecule has 4 aromatic rings. The first-order valence-corrected chi connectivity index (χ1v) is 11.2. The minimum atomic E-state index is -0.415. The van der Waals surface area contributed by atoms with Crippen molar-refractivity contribution >= 4 is 28.3 Å². The second kappa shape index (κ2) is 8.62. The maximum Gasteiger partial charge on any atom is 0.269 e. The fourth-order valence-corrected chi connectivity index (χ4v) is 4.69. The van der Waals surface area contributed by atoms with Crippen LogP contribution in [-0.4, -0.2) is 51.5 Å². The van der Waals surface area contributed by atoms with E-state index in [2.05, 4.69) is 9.88 Å². The topological polar surface area (TPSA) is 84.5 Å². The fourth-order valence-electron chi connectivity index (χ4n) is 4.69. The quantitative estimate of drug-likeness (QED) is 0.336. The van der Waals surface area contributed by atoms with Crippen LogP contribution in [0.25, 0.3) is 22.2 Å². The van der Waals surface area contributed by atoms with Gasteiger partial charge in [-0.25, -0.2) is 4.98 Å². The minimum Gasteiger partial charge on any atom is -0.353 e.